The number of anilines is 2. The number of nitrogens with zero attached hydrogens (tertiary/aromatic N) is 1. The highest BCUT2D eigenvalue weighted by molar-refractivity contribution is 5.70. The fourth-order valence-corrected chi connectivity index (χ4v) is 1.91. The lowest BCUT2D eigenvalue weighted by Gasteiger charge is -2.24. The number of hydrogen-bond donors (Lipinski definition) is 1. The normalized spacial score (nSPS) is 15.1. The van der Waals surface area contributed by atoms with Gasteiger partial charge in [-0.3, -0.25) is 0 Å². The zero-order valence-corrected chi connectivity index (χ0v) is 9.36. The second kappa shape index (κ2) is 4.01. The highest BCUT2D eigenvalue weighted by atomic mass is 16.5. The van der Waals surface area contributed by atoms with Crippen molar-refractivity contribution >= 4 is 11.4 Å². The number of methoxy groups -OCH3 is 1. The Labute approximate surface area is 90.8 Å². The molecule has 3 nitrogen and oxygen atoms in total. The third-order valence-electron chi connectivity index (χ3n) is 2.88. The molecule has 0 unspecified atom stereocenters. The number of ether oxygens (including phenoxy) is 1. The highest BCUT2D eigenvalue weighted by Gasteiger charge is 2.29. The maximum Gasteiger partial charge on any atom is 0.121 e. The van der Waals surface area contributed by atoms with Crippen LogP contribution in [0.2, 0.25) is 0 Å². The Morgan fingerprint density at radius 3 is 2.73 bits per heavy atom. The van der Waals surface area contributed by atoms with Gasteiger partial charge in [0.1, 0.15) is 5.75 Å². The summed E-state index contributed by atoms with van der Waals surface area (Å²) in [5.41, 5.74) is 7.94. The molecule has 0 saturated heterocycles. The Bertz CT molecular complexity index is 347. The van der Waals surface area contributed by atoms with Crippen LogP contribution in [0.4, 0.5) is 11.4 Å². The maximum atomic E-state index is 5.99. The van der Waals surface area contributed by atoms with Crippen LogP contribution in [0, 0.1) is 0 Å². The van der Waals surface area contributed by atoms with Crippen LogP contribution >= 0.6 is 0 Å². The van der Waals surface area contributed by atoms with Gasteiger partial charge in [-0.05, 0) is 31.9 Å². The van der Waals surface area contributed by atoms with E-state index in [1.54, 1.807) is 7.11 Å². The van der Waals surface area contributed by atoms with Crippen LogP contribution in [-0.4, -0.2) is 19.7 Å². The lowest BCUT2D eigenvalue weighted by Crippen LogP contribution is -2.25. The summed E-state index contributed by atoms with van der Waals surface area (Å²) in [5, 5.41) is 0. The summed E-state index contributed by atoms with van der Waals surface area (Å²) in [6.45, 7) is 3.17. The minimum Gasteiger partial charge on any atom is -0.497 e. The molecule has 1 aliphatic rings. The lowest BCUT2D eigenvalue weighted by molar-refractivity contribution is 0.415. The molecule has 1 aliphatic carbocycles. The number of rotatable bonds is 4. The molecular weight excluding hydrogens is 188 g/mol. The van der Waals surface area contributed by atoms with Gasteiger partial charge in [0.05, 0.1) is 18.5 Å². The summed E-state index contributed by atoms with van der Waals surface area (Å²) in [4.78, 5) is 2.36. The molecule has 1 fully saturated rings. The van der Waals surface area contributed by atoms with Crippen LogP contribution in [0.15, 0.2) is 18.2 Å². The summed E-state index contributed by atoms with van der Waals surface area (Å²) in [7, 11) is 1.68. The molecule has 0 aliphatic heterocycles. The summed E-state index contributed by atoms with van der Waals surface area (Å²) < 4.78 is 5.22. The standard InChI is InChI=1S/C12H18N2O/c1-3-14(9-4-5-9)12-8-10(15-2)6-7-11(12)13/h6-9H,3-5,13H2,1-2H3. The third-order valence-corrected chi connectivity index (χ3v) is 2.88. The van der Waals surface area contributed by atoms with Gasteiger partial charge in [-0.25, -0.2) is 0 Å². The molecule has 1 saturated carbocycles. The van der Waals surface area contributed by atoms with E-state index in [-0.39, 0.29) is 0 Å². The average Bonchev–Trinajstić information content (AvgIpc) is 3.06. The van der Waals surface area contributed by atoms with Crippen LogP contribution in [-0.2, 0) is 0 Å². The predicted molar refractivity (Wildman–Crippen MR) is 63.4 cm³/mol. The number of hydrogen-bond acceptors (Lipinski definition) is 3. The first kappa shape index (κ1) is 10.1. The largest absolute Gasteiger partial charge is 0.497 e. The molecule has 3 heteroatoms. The van der Waals surface area contributed by atoms with E-state index in [4.69, 9.17) is 10.5 Å². The van der Waals surface area contributed by atoms with Gasteiger partial charge in [0.25, 0.3) is 0 Å². The Morgan fingerprint density at radius 1 is 1.47 bits per heavy atom. The van der Waals surface area contributed by atoms with Gasteiger partial charge in [-0.15, -0.1) is 0 Å². The van der Waals surface area contributed by atoms with E-state index in [1.165, 1.54) is 12.8 Å². The fourth-order valence-electron chi connectivity index (χ4n) is 1.91. The topological polar surface area (TPSA) is 38.5 Å². The average molecular weight is 206 g/mol. The second-order valence-electron chi connectivity index (χ2n) is 3.94. The summed E-state index contributed by atoms with van der Waals surface area (Å²) in [6.07, 6.45) is 2.56. The van der Waals surface area contributed by atoms with E-state index in [9.17, 15) is 0 Å². The van der Waals surface area contributed by atoms with Gasteiger partial charge in [0, 0.05) is 18.7 Å². The number of nitrogens with two attached hydrogens (primary N) is 1. The second-order valence-corrected chi connectivity index (χ2v) is 3.94. The van der Waals surface area contributed by atoms with Gasteiger partial charge in [-0.1, -0.05) is 0 Å². The molecule has 2 N–H and O–H groups in total. The van der Waals surface area contributed by atoms with Crippen molar-refractivity contribution in [2.45, 2.75) is 25.8 Å². The van der Waals surface area contributed by atoms with Crippen molar-refractivity contribution in [1.82, 2.24) is 0 Å². The molecule has 0 heterocycles. The smallest absolute Gasteiger partial charge is 0.121 e. The van der Waals surface area contributed by atoms with Crippen LogP contribution in [0.25, 0.3) is 0 Å². The Morgan fingerprint density at radius 2 is 2.20 bits per heavy atom. The number of nitrogen functional groups attached to an aromatic ring is 1. The fraction of sp³-hybridized carbons (Fsp3) is 0.500. The predicted octanol–water partition coefficient (Wildman–Crippen LogP) is 2.27. The van der Waals surface area contributed by atoms with Crippen molar-refractivity contribution < 1.29 is 4.74 Å². The Balaban J connectivity index is 2.31. The first-order valence-electron chi connectivity index (χ1n) is 5.46. The molecule has 0 bridgehead atoms. The van der Waals surface area contributed by atoms with Gasteiger partial charge < -0.3 is 15.4 Å². The molecule has 2 rings (SSSR count). The van der Waals surface area contributed by atoms with Crippen molar-refractivity contribution in [3.63, 3.8) is 0 Å². The molecule has 1 aromatic rings. The van der Waals surface area contributed by atoms with Crippen LogP contribution in [0.3, 0.4) is 0 Å². The van der Waals surface area contributed by atoms with E-state index < -0.39 is 0 Å². The van der Waals surface area contributed by atoms with Crippen molar-refractivity contribution in [2.75, 3.05) is 24.3 Å². The van der Waals surface area contributed by atoms with Gasteiger partial charge in [-0.2, -0.15) is 0 Å². The van der Waals surface area contributed by atoms with Crippen molar-refractivity contribution in [3.05, 3.63) is 18.2 Å². The summed E-state index contributed by atoms with van der Waals surface area (Å²) >= 11 is 0. The molecular formula is C12H18N2O. The first-order chi connectivity index (χ1) is 7.26. The minimum atomic E-state index is 0.685. The maximum absolute atomic E-state index is 5.99. The van der Waals surface area contributed by atoms with E-state index in [1.807, 2.05) is 18.2 Å². The van der Waals surface area contributed by atoms with E-state index >= 15 is 0 Å². The first-order valence-corrected chi connectivity index (χ1v) is 5.46. The van der Waals surface area contributed by atoms with Crippen molar-refractivity contribution in [3.8, 4) is 5.75 Å². The van der Waals surface area contributed by atoms with Crippen molar-refractivity contribution in [1.29, 1.82) is 0 Å². The van der Waals surface area contributed by atoms with Crippen LogP contribution < -0.4 is 15.4 Å². The van der Waals surface area contributed by atoms with Gasteiger partial charge in [0.15, 0.2) is 0 Å². The molecule has 0 atom stereocenters. The lowest BCUT2D eigenvalue weighted by atomic mass is 10.2. The zero-order chi connectivity index (χ0) is 10.8. The monoisotopic (exact) mass is 206 g/mol. The highest BCUT2D eigenvalue weighted by Crippen LogP contribution is 2.36. The van der Waals surface area contributed by atoms with Crippen LogP contribution in [0.5, 0.6) is 5.75 Å². The quantitative estimate of drug-likeness (QED) is 0.768. The molecule has 82 valence electrons. The minimum absolute atomic E-state index is 0.685. The molecule has 1 aromatic carbocycles. The molecule has 0 amide bonds. The molecule has 0 radical (unpaired) electrons. The summed E-state index contributed by atoms with van der Waals surface area (Å²) in [5.74, 6) is 0.873. The SMILES string of the molecule is CCN(c1cc(OC)ccc1N)C1CC1. The van der Waals surface area contributed by atoms with Crippen molar-refractivity contribution in [2.24, 2.45) is 0 Å². The third kappa shape index (κ3) is 2.01. The Hall–Kier alpha value is -1.38. The van der Waals surface area contributed by atoms with E-state index in [2.05, 4.69) is 11.8 Å². The number of benzene rings is 1. The van der Waals surface area contributed by atoms with Crippen LogP contribution in [0.1, 0.15) is 19.8 Å². The molecule has 0 aromatic heterocycles. The Kier molecular flexibility index (Phi) is 2.71. The molecule has 0 spiro atoms. The van der Waals surface area contributed by atoms with Gasteiger partial charge >= 0.3 is 0 Å². The summed E-state index contributed by atoms with van der Waals surface area (Å²) in [6, 6.07) is 6.53. The molecule has 15 heavy (non-hydrogen) atoms. The van der Waals surface area contributed by atoms with E-state index in [0.717, 1.165) is 23.7 Å². The zero-order valence-electron chi connectivity index (χ0n) is 9.36. The van der Waals surface area contributed by atoms with Gasteiger partial charge in [0.2, 0.25) is 0 Å². The van der Waals surface area contributed by atoms with E-state index in [0.29, 0.717) is 6.04 Å².